The fraction of sp³-hybridized carbons (Fsp3) is 0.625. The molecule has 1 aromatic heterocycles. The summed E-state index contributed by atoms with van der Waals surface area (Å²) in [5.74, 6) is 0.269. The molecule has 0 aromatic carbocycles. The molecule has 118 valence electrons. The van der Waals surface area contributed by atoms with Crippen molar-refractivity contribution in [3.63, 3.8) is 0 Å². The van der Waals surface area contributed by atoms with Crippen LogP contribution in [0.15, 0.2) is 12.4 Å². The first kappa shape index (κ1) is 14.9. The van der Waals surface area contributed by atoms with Crippen molar-refractivity contribution in [3.05, 3.63) is 23.8 Å². The van der Waals surface area contributed by atoms with Crippen molar-refractivity contribution in [3.8, 4) is 0 Å². The van der Waals surface area contributed by atoms with Crippen LogP contribution in [0.4, 0.5) is 0 Å². The molecule has 3 heterocycles. The molecule has 0 N–H and O–H groups in total. The number of carbonyl (C=O) groups is 2. The third kappa shape index (κ3) is 3.10. The lowest BCUT2D eigenvalue weighted by Gasteiger charge is -2.32. The van der Waals surface area contributed by atoms with Crippen LogP contribution < -0.4 is 0 Å². The summed E-state index contributed by atoms with van der Waals surface area (Å²) in [7, 11) is 0. The first-order valence-corrected chi connectivity index (χ1v) is 8.02. The molecule has 3 rings (SSSR count). The van der Waals surface area contributed by atoms with Gasteiger partial charge >= 0.3 is 0 Å². The molecule has 0 saturated carbocycles. The van der Waals surface area contributed by atoms with Gasteiger partial charge in [0.05, 0.1) is 11.9 Å². The maximum Gasteiger partial charge on any atom is 0.274 e. The van der Waals surface area contributed by atoms with E-state index in [1.54, 1.807) is 11.1 Å². The second kappa shape index (κ2) is 6.42. The highest BCUT2D eigenvalue weighted by Crippen LogP contribution is 2.22. The van der Waals surface area contributed by atoms with Gasteiger partial charge in [0.1, 0.15) is 5.69 Å². The van der Waals surface area contributed by atoms with Crippen LogP contribution in [0.2, 0.25) is 0 Å². The lowest BCUT2D eigenvalue weighted by atomic mass is 9.95. The molecule has 0 aliphatic carbocycles. The first-order valence-electron chi connectivity index (χ1n) is 8.02. The van der Waals surface area contributed by atoms with Crippen molar-refractivity contribution in [1.29, 1.82) is 0 Å². The summed E-state index contributed by atoms with van der Waals surface area (Å²) in [6, 6.07) is 0. The van der Waals surface area contributed by atoms with Gasteiger partial charge in [0, 0.05) is 38.3 Å². The highest BCUT2D eigenvalue weighted by molar-refractivity contribution is 5.92. The van der Waals surface area contributed by atoms with Crippen LogP contribution in [0.25, 0.3) is 0 Å². The Hall–Kier alpha value is -1.98. The second-order valence-electron chi connectivity index (χ2n) is 6.14. The molecule has 0 atom stereocenters. The summed E-state index contributed by atoms with van der Waals surface area (Å²) in [6.45, 7) is 4.89. The molecular formula is C16H22N4O2. The van der Waals surface area contributed by atoms with Gasteiger partial charge in [-0.15, -0.1) is 0 Å². The predicted molar refractivity (Wildman–Crippen MR) is 81.2 cm³/mol. The number of hydrogen-bond donors (Lipinski definition) is 0. The van der Waals surface area contributed by atoms with Gasteiger partial charge in [-0.05, 0) is 32.6 Å². The average Bonchev–Trinajstić information content (AvgIpc) is 3.09. The lowest BCUT2D eigenvalue weighted by molar-refractivity contribution is -0.135. The smallest absolute Gasteiger partial charge is 0.274 e. The Balaban J connectivity index is 1.56. The Bertz CT molecular complexity index is 544. The SMILES string of the molecule is Cc1cnc(C(=O)N2CCC(C(=O)N3CCCC3)CC2)cn1. The monoisotopic (exact) mass is 302 g/mol. The van der Waals surface area contributed by atoms with Gasteiger partial charge in [-0.3, -0.25) is 14.6 Å². The standard InChI is InChI=1S/C16H22N4O2/c1-12-10-18-14(11-17-12)16(22)20-8-4-13(5-9-20)15(21)19-6-2-3-7-19/h10-11,13H,2-9H2,1H3. The van der Waals surface area contributed by atoms with Crippen LogP contribution >= 0.6 is 0 Å². The lowest BCUT2D eigenvalue weighted by Crippen LogP contribution is -2.44. The third-order valence-corrected chi connectivity index (χ3v) is 4.55. The molecule has 2 saturated heterocycles. The number of aryl methyl sites for hydroxylation is 1. The highest BCUT2D eigenvalue weighted by Gasteiger charge is 2.31. The molecule has 1 aromatic rings. The van der Waals surface area contributed by atoms with E-state index in [2.05, 4.69) is 9.97 Å². The van der Waals surface area contributed by atoms with E-state index in [1.165, 1.54) is 6.20 Å². The van der Waals surface area contributed by atoms with Gasteiger partial charge in [-0.2, -0.15) is 0 Å². The van der Waals surface area contributed by atoms with Gasteiger partial charge in [0.15, 0.2) is 0 Å². The van der Waals surface area contributed by atoms with Crippen LogP contribution in [0.3, 0.4) is 0 Å². The van der Waals surface area contributed by atoms with E-state index in [0.29, 0.717) is 18.8 Å². The number of rotatable bonds is 2. The van der Waals surface area contributed by atoms with Crippen molar-refractivity contribution in [2.24, 2.45) is 5.92 Å². The van der Waals surface area contributed by atoms with Gasteiger partial charge < -0.3 is 9.80 Å². The number of carbonyl (C=O) groups excluding carboxylic acids is 2. The average molecular weight is 302 g/mol. The number of likely N-dealkylation sites (tertiary alicyclic amines) is 2. The zero-order valence-electron chi connectivity index (χ0n) is 13.0. The molecule has 2 amide bonds. The molecule has 22 heavy (non-hydrogen) atoms. The van der Waals surface area contributed by atoms with Crippen molar-refractivity contribution >= 4 is 11.8 Å². The topological polar surface area (TPSA) is 66.4 Å². The molecule has 6 heteroatoms. The molecule has 6 nitrogen and oxygen atoms in total. The molecule has 2 aliphatic heterocycles. The van der Waals surface area contributed by atoms with Crippen molar-refractivity contribution in [2.45, 2.75) is 32.6 Å². The maximum absolute atomic E-state index is 12.4. The molecule has 2 fully saturated rings. The van der Waals surface area contributed by atoms with Gasteiger partial charge in [0.25, 0.3) is 5.91 Å². The van der Waals surface area contributed by atoms with Gasteiger partial charge in [-0.25, -0.2) is 4.98 Å². The molecule has 0 spiro atoms. The first-order chi connectivity index (χ1) is 10.6. The van der Waals surface area contributed by atoms with Gasteiger partial charge in [0.2, 0.25) is 5.91 Å². The van der Waals surface area contributed by atoms with E-state index in [-0.39, 0.29) is 17.7 Å². The fourth-order valence-electron chi connectivity index (χ4n) is 3.19. The van der Waals surface area contributed by atoms with Crippen LogP contribution in [-0.2, 0) is 4.79 Å². The summed E-state index contributed by atoms with van der Waals surface area (Å²) in [5.41, 5.74) is 1.18. The number of piperidine rings is 1. The Kier molecular flexibility index (Phi) is 4.36. The van der Waals surface area contributed by atoms with Crippen molar-refractivity contribution in [1.82, 2.24) is 19.8 Å². The Labute approximate surface area is 130 Å². The van der Waals surface area contributed by atoms with E-state index >= 15 is 0 Å². The van der Waals surface area contributed by atoms with E-state index in [1.807, 2.05) is 11.8 Å². The van der Waals surface area contributed by atoms with Crippen LogP contribution in [0.5, 0.6) is 0 Å². The van der Waals surface area contributed by atoms with Gasteiger partial charge in [-0.1, -0.05) is 0 Å². The summed E-state index contributed by atoms with van der Waals surface area (Å²) in [5, 5.41) is 0. The molecule has 0 radical (unpaired) electrons. The Morgan fingerprint density at radius 2 is 1.68 bits per heavy atom. The number of aromatic nitrogens is 2. The van der Waals surface area contributed by atoms with Crippen LogP contribution in [-0.4, -0.2) is 57.8 Å². The quantitative estimate of drug-likeness (QED) is 0.825. The molecule has 0 bridgehead atoms. The number of nitrogens with zero attached hydrogens (tertiary/aromatic N) is 4. The minimum atomic E-state index is -0.0837. The third-order valence-electron chi connectivity index (χ3n) is 4.55. The largest absolute Gasteiger partial charge is 0.342 e. The van der Waals surface area contributed by atoms with E-state index in [0.717, 1.165) is 44.5 Å². The van der Waals surface area contributed by atoms with E-state index < -0.39 is 0 Å². The number of amides is 2. The summed E-state index contributed by atoms with van der Waals surface area (Å²) >= 11 is 0. The Morgan fingerprint density at radius 3 is 2.27 bits per heavy atom. The van der Waals surface area contributed by atoms with Crippen LogP contribution in [0.1, 0.15) is 41.9 Å². The van der Waals surface area contributed by atoms with Crippen molar-refractivity contribution < 1.29 is 9.59 Å². The maximum atomic E-state index is 12.4. The zero-order chi connectivity index (χ0) is 15.5. The normalized spacial score (nSPS) is 19.5. The van der Waals surface area contributed by atoms with E-state index in [4.69, 9.17) is 0 Å². The number of hydrogen-bond acceptors (Lipinski definition) is 4. The van der Waals surface area contributed by atoms with Crippen LogP contribution in [0, 0.1) is 12.8 Å². The second-order valence-corrected chi connectivity index (χ2v) is 6.14. The fourth-order valence-corrected chi connectivity index (χ4v) is 3.19. The molecule has 0 unspecified atom stereocenters. The summed E-state index contributed by atoms with van der Waals surface area (Å²) in [6.07, 6.45) is 6.88. The Morgan fingerprint density at radius 1 is 1.00 bits per heavy atom. The van der Waals surface area contributed by atoms with E-state index in [9.17, 15) is 9.59 Å². The molecule has 2 aliphatic rings. The summed E-state index contributed by atoms with van der Waals surface area (Å²) in [4.78, 5) is 36.8. The minimum absolute atomic E-state index is 0.0752. The van der Waals surface area contributed by atoms with Crippen molar-refractivity contribution in [2.75, 3.05) is 26.2 Å². The summed E-state index contributed by atoms with van der Waals surface area (Å²) < 4.78 is 0. The zero-order valence-corrected chi connectivity index (χ0v) is 13.0. The molecular weight excluding hydrogens is 280 g/mol. The minimum Gasteiger partial charge on any atom is -0.342 e. The highest BCUT2D eigenvalue weighted by atomic mass is 16.2. The predicted octanol–water partition coefficient (Wildman–Crippen LogP) is 1.26.